The van der Waals surface area contributed by atoms with Gasteiger partial charge in [0.05, 0.1) is 5.92 Å². The van der Waals surface area contributed by atoms with Gasteiger partial charge in [0.25, 0.3) is 0 Å². The van der Waals surface area contributed by atoms with Crippen molar-refractivity contribution in [1.82, 2.24) is 0 Å². The van der Waals surface area contributed by atoms with Crippen LogP contribution in [0.25, 0.3) is 0 Å². The zero-order valence-electron chi connectivity index (χ0n) is 10.3. The molecule has 1 saturated carbocycles. The summed E-state index contributed by atoms with van der Waals surface area (Å²) in [5.41, 5.74) is 0. The maximum Gasteiger partial charge on any atom is 0.308 e. The minimum atomic E-state index is -0.0348. The Hall–Kier alpha value is -0.530. The number of rotatable bonds is 2. The lowest BCUT2D eigenvalue weighted by molar-refractivity contribution is -0.156. The van der Waals surface area contributed by atoms with Crippen molar-refractivity contribution in [3.05, 3.63) is 0 Å². The normalized spacial score (nSPS) is 28.3. The van der Waals surface area contributed by atoms with E-state index in [1.807, 2.05) is 13.8 Å². The second kappa shape index (κ2) is 6.14. The first-order valence-corrected chi connectivity index (χ1v) is 6.31. The number of hydrogen-bond donors (Lipinski definition) is 0. The Morgan fingerprint density at radius 1 is 1.13 bits per heavy atom. The molecule has 2 atom stereocenters. The van der Waals surface area contributed by atoms with Crippen LogP contribution in [0.4, 0.5) is 0 Å². The van der Waals surface area contributed by atoms with Crippen molar-refractivity contribution in [3.8, 4) is 0 Å². The van der Waals surface area contributed by atoms with Gasteiger partial charge >= 0.3 is 5.97 Å². The summed E-state index contributed by atoms with van der Waals surface area (Å²) in [5, 5.41) is 0. The van der Waals surface area contributed by atoms with Crippen LogP contribution >= 0.6 is 0 Å². The summed E-state index contributed by atoms with van der Waals surface area (Å²) in [6.45, 7) is 6.01. The van der Waals surface area contributed by atoms with Crippen LogP contribution in [0.1, 0.15) is 59.3 Å². The molecule has 88 valence electrons. The lowest BCUT2D eigenvalue weighted by Gasteiger charge is -2.27. The third-order valence-corrected chi connectivity index (χ3v) is 3.27. The van der Waals surface area contributed by atoms with Crippen molar-refractivity contribution in [1.29, 1.82) is 0 Å². The van der Waals surface area contributed by atoms with Gasteiger partial charge in [-0.2, -0.15) is 0 Å². The van der Waals surface area contributed by atoms with Gasteiger partial charge in [0, 0.05) is 0 Å². The molecular formula is C13H24O2. The van der Waals surface area contributed by atoms with E-state index in [-0.39, 0.29) is 18.0 Å². The monoisotopic (exact) mass is 212 g/mol. The molecule has 0 amide bonds. The van der Waals surface area contributed by atoms with E-state index in [4.69, 9.17) is 4.74 Å². The average molecular weight is 212 g/mol. The maximum absolute atomic E-state index is 11.5. The Balaban J connectivity index is 2.45. The molecule has 0 aromatic rings. The second-order valence-corrected chi connectivity index (χ2v) is 5.10. The molecule has 0 N–H and O–H groups in total. The highest BCUT2D eigenvalue weighted by Gasteiger charge is 2.23. The lowest BCUT2D eigenvalue weighted by Crippen LogP contribution is -2.28. The van der Waals surface area contributed by atoms with Gasteiger partial charge in [-0.15, -0.1) is 0 Å². The van der Waals surface area contributed by atoms with Crippen LogP contribution in [0.15, 0.2) is 0 Å². The second-order valence-electron chi connectivity index (χ2n) is 5.10. The molecule has 0 spiro atoms. The number of carbonyl (C=O) groups excluding carboxylic acids is 1. The standard InChI is InChI=1S/C13H24O2/c1-10(2)13(14)15-12-9-7-5-4-6-8-11(12)3/h10-12H,4-9H2,1-3H3. The first-order valence-electron chi connectivity index (χ1n) is 6.31. The summed E-state index contributed by atoms with van der Waals surface area (Å²) in [5.74, 6) is 0.503. The number of carbonyl (C=O) groups is 1. The van der Waals surface area contributed by atoms with E-state index in [9.17, 15) is 4.79 Å². The third kappa shape index (κ3) is 4.23. The smallest absolute Gasteiger partial charge is 0.308 e. The Morgan fingerprint density at radius 3 is 2.33 bits per heavy atom. The molecule has 2 heteroatoms. The first-order chi connectivity index (χ1) is 7.11. The zero-order valence-corrected chi connectivity index (χ0v) is 10.3. The highest BCUT2D eigenvalue weighted by Crippen LogP contribution is 2.25. The van der Waals surface area contributed by atoms with Crippen LogP contribution in [0.2, 0.25) is 0 Å². The molecule has 0 saturated heterocycles. The summed E-state index contributed by atoms with van der Waals surface area (Å²) in [7, 11) is 0. The van der Waals surface area contributed by atoms with Gasteiger partial charge in [0.2, 0.25) is 0 Å². The Bertz CT molecular complexity index is 199. The lowest BCUT2D eigenvalue weighted by atomic mass is 9.90. The van der Waals surface area contributed by atoms with Gasteiger partial charge in [0.15, 0.2) is 0 Å². The van der Waals surface area contributed by atoms with Crippen LogP contribution < -0.4 is 0 Å². The fourth-order valence-corrected chi connectivity index (χ4v) is 2.10. The minimum absolute atomic E-state index is 0.00244. The van der Waals surface area contributed by atoms with Crippen molar-refractivity contribution >= 4 is 5.97 Å². The van der Waals surface area contributed by atoms with Crippen molar-refractivity contribution in [2.45, 2.75) is 65.4 Å². The number of ether oxygens (including phenoxy) is 1. The summed E-state index contributed by atoms with van der Waals surface area (Å²) in [6, 6.07) is 0. The molecule has 15 heavy (non-hydrogen) atoms. The summed E-state index contributed by atoms with van der Waals surface area (Å²) in [4.78, 5) is 11.5. The average Bonchev–Trinajstić information content (AvgIpc) is 2.17. The van der Waals surface area contributed by atoms with Gasteiger partial charge in [-0.05, 0) is 25.2 Å². The minimum Gasteiger partial charge on any atom is -0.462 e. The molecule has 0 aromatic heterocycles. The molecule has 2 nitrogen and oxygen atoms in total. The van der Waals surface area contributed by atoms with Gasteiger partial charge in [-0.3, -0.25) is 4.79 Å². The number of hydrogen-bond acceptors (Lipinski definition) is 2. The predicted molar refractivity (Wildman–Crippen MR) is 61.6 cm³/mol. The largest absolute Gasteiger partial charge is 0.462 e. The molecule has 1 rings (SSSR count). The van der Waals surface area contributed by atoms with Gasteiger partial charge in [-0.1, -0.05) is 40.0 Å². The fourth-order valence-electron chi connectivity index (χ4n) is 2.10. The van der Waals surface area contributed by atoms with Gasteiger partial charge in [0.1, 0.15) is 6.10 Å². The van der Waals surface area contributed by atoms with E-state index in [0.29, 0.717) is 5.92 Å². The molecule has 0 aromatic carbocycles. The highest BCUT2D eigenvalue weighted by molar-refractivity contribution is 5.71. The Kier molecular flexibility index (Phi) is 5.13. The van der Waals surface area contributed by atoms with Crippen molar-refractivity contribution < 1.29 is 9.53 Å². The van der Waals surface area contributed by atoms with Gasteiger partial charge in [-0.25, -0.2) is 0 Å². The maximum atomic E-state index is 11.5. The van der Waals surface area contributed by atoms with E-state index < -0.39 is 0 Å². The molecule has 0 heterocycles. The van der Waals surface area contributed by atoms with Gasteiger partial charge < -0.3 is 4.74 Å². The van der Waals surface area contributed by atoms with Crippen LogP contribution in [0.5, 0.6) is 0 Å². The highest BCUT2D eigenvalue weighted by atomic mass is 16.5. The molecule has 1 aliphatic carbocycles. The molecule has 0 bridgehead atoms. The van der Waals surface area contributed by atoms with Crippen LogP contribution in [-0.4, -0.2) is 12.1 Å². The van der Waals surface area contributed by atoms with Crippen LogP contribution in [0.3, 0.4) is 0 Å². The van der Waals surface area contributed by atoms with E-state index in [1.54, 1.807) is 0 Å². The quantitative estimate of drug-likeness (QED) is 0.654. The van der Waals surface area contributed by atoms with Crippen molar-refractivity contribution in [3.63, 3.8) is 0 Å². The van der Waals surface area contributed by atoms with E-state index >= 15 is 0 Å². The Labute approximate surface area is 93.4 Å². The summed E-state index contributed by atoms with van der Waals surface area (Å²) in [6.07, 6.45) is 7.56. The zero-order chi connectivity index (χ0) is 11.3. The molecule has 2 unspecified atom stereocenters. The van der Waals surface area contributed by atoms with E-state index in [1.165, 1.54) is 32.1 Å². The van der Waals surface area contributed by atoms with Crippen LogP contribution in [-0.2, 0) is 9.53 Å². The SMILES string of the molecule is CC(C)C(=O)OC1CCCCCCC1C. The molecule has 0 aliphatic heterocycles. The van der Waals surface area contributed by atoms with E-state index in [0.717, 1.165) is 6.42 Å². The van der Waals surface area contributed by atoms with Crippen molar-refractivity contribution in [2.24, 2.45) is 11.8 Å². The topological polar surface area (TPSA) is 26.3 Å². The third-order valence-electron chi connectivity index (χ3n) is 3.27. The predicted octanol–water partition coefficient (Wildman–Crippen LogP) is 3.54. The van der Waals surface area contributed by atoms with Crippen molar-refractivity contribution in [2.75, 3.05) is 0 Å². The molecule has 0 radical (unpaired) electrons. The first kappa shape index (κ1) is 12.5. The molecular weight excluding hydrogens is 188 g/mol. The fraction of sp³-hybridized carbons (Fsp3) is 0.923. The molecule has 1 aliphatic rings. The number of esters is 1. The molecule has 1 fully saturated rings. The Morgan fingerprint density at radius 2 is 1.73 bits per heavy atom. The van der Waals surface area contributed by atoms with E-state index in [2.05, 4.69) is 6.92 Å². The van der Waals surface area contributed by atoms with Crippen LogP contribution in [0, 0.1) is 11.8 Å². The summed E-state index contributed by atoms with van der Waals surface area (Å²) < 4.78 is 5.56. The summed E-state index contributed by atoms with van der Waals surface area (Å²) >= 11 is 0.